The van der Waals surface area contributed by atoms with Crippen LogP contribution < -0.4 is 5.56 Å². The molecule has 0 aliphatic heterocycles. The lowest BCUT2D eigenvalue weighted by Gasteiger charge is -2.29. The summed E-state index contributed by atoms with van der Waals surface area (Å²) < 4.78 is 0. The zero-order valence-electron chi connectivity index (χ0n) is 8.76. The molecule has 0 saturated carbocycles. The molecule has 4 heteroatoms. The Labute approximate surface area is 87.0 Å². The Morgan fingerprint density at radius 2 is 2.00 bits per heavy atom. The monoisotopic (exact) mass is 207 g/mol. The van der Waals surface area contributed by atoms with Gasteiger partial charge in [0.2, 0.25) is 0 Å². The molecule has 1 heterocycles. The van der Waals surface area contributed by atoms with E-state index in [9.17, 15) is 14.7 Å². The third kappa shape index (κ3) is 1.67. The second-order valence-electron chi connectivity index (χ2n) is 4.81. The summed E-state index contributed by atoms with van der Waals surface area (Å²) in [5.41, 5.74) is 0.327. The maximum atomic E-state index is 11.8. The number of aromatic hydroxyl groups is 1. The minimum Gasteiger partial charge on any atom is -0.507 e. The zero-order chi connectivity index (χ0) is 11.2. The van der Waals surface area contributed by atoms with Crippen molar-refractivity contribution >= 4 is 5.78 Å². The molecule has 1 aromatic heterocycles. The van der Waals surface area contributed by atoms with Gasteiger partial charge in [-0.2, -0.15) is 0 Å². The predicted molar refractivity (Wildman–Crippen MR) is 55.2 cm³/mol. The number of nitrogens with one attached hydrogen (secondary N) is 1. The lowest BCUT2D eigenvalue weighted by Crippen LogP contribution is -2.29. The molecule has 4 nitrogen and oxygen atoms in total. The van der Waals surface area contributed by atoms with Gasteiger partial charge in [0.1, 0.15) is 5.75 Å². The second-order valence-corrected chi connectivity index (χ2v) is 4.81. The number of hydrogen-bond donors (Lipinski definition) is 2. The Morgan fingerprint density at radius 3 is 2.67 bits per heavy atom. The standard InChI is InChI=1S/C11H13NO3/c1-11(2)4-6-10(8(14)5-11)7(13)3-9(15)12-6/h3H,4-5H2,1-2H3,(H2,12,13,15). The molecule has 0 saturated heterocycles. The maximum Gasteiger partial charge on any atom is 0.251 e. The first kappa shape index (κ1) is 9.96. The number of fused-ring (bicyclic) bond motifs is 1. The fourth-order valence-corrected chi connectivity index (χ4v) is 2.11. The molecule has 0 aromatic carbocycles. The van der Waals surface area contributed by atoms with E-state index in [1.807, 2.05) is 13.8 Å². The van der Waals surface area contributed by atoms with Crippen LogP contribution in [0.15, 0.2) is 10.9 Å². The van der Waals surface area contributed by atoms with Crippen LogP contribution in [-0.2, 0) is 6.42 Å². The minimum atomic E-state index is -0.364. The van der Waals surface area contributed by atoms with Crippen molar-refractivity contribution in [3.63, 3.8) is 0 Å². The third-order valence-corrected chi connectivity index (χ3v) is 2.67. The van der Waals surface area contributed by atoms with Crippen molar-refractivity contribution in [1.29, 1.82) is 0 Å². The van der Waals surface area contributed by atoms with Gasteiger partial charge < -0.3 is 10.1 Å². The van der Waals surface area contributed by atoms with Crippen molar-refractivity contribution in [2.75, 3.05) is 0 Å². The summed E-state index contributed by atoms with van der Waals surface area (Å²) >= 11 is 0. The molecule has 0 amide bonds. The van der Waals surface area contributed by atoms with Crippen LogP contribution in [-0.4, -0.2) is 15.9 Å². The Balaban J connectivity index is 2.65. The number of hydrogen-bond acceptors (Lipinski definition) is 3. The average molecular weight is 207 g/mol. The molecule has 80 valence electrons. The number of H-pyrrole nitrogens is 1. The zero-order valence-corrected chi connectivity index (χ0v) is 8.76. The van der Waals surface area contributed by atoms with Crippen LogP contribution in [0.25, 0.3) is 0 Å². The van der Waals surface area contributed by atoms with E-state index in [0.29, 0.717) is 18.5 Å². The van der Waals surface area contributed by atoms with Gasteiger partial charge >= 0.3 is 0 Å². The van der Waals surface area contributed by atoms with Gasteiger partial charge in [0.25, 0.3) is 5.56 Å². The third-order valence-electron chi connectivity index (χ3n) is 2.67. The molecule has 2 rings (SSSR count). The summed E-state index contributed by atoms with van der Waals surface area (Å²) in [7, 11) is 0. The van der Waals surface area contributed by atoms with Crippen molar-refractivity contribution in [2.45, 2.75) is 26.7 Å². The summed E-state index contributed by atoms with van der Waals surface area (Å²) in [6.07, 6.45) is 1.01. The first-order valence-corrected chi connectivity index (χ1v) is 4.87. The normalized spacial score (nSPS) is 18.7. The lowest BCUT2D eigenvalue weighted by atomic mass is 9.75. The minimum absolute atomic E-state index is 0.102. The van der Waals surface area contributed by atoms with Crippen LogP contribution in [0.3, 0.4) is 0 Å². The number of carbonyl (C=O) groups excluding carboxylic acids is 1. The lowest BCUT2D eigenvalue weighted by molar-refractivity contribution is 0.0906. The number of aromatic nitrogens is 1. The number of rotatable bonds is 0. The number of aromatic amines is 1. The van der Waals surface area contributed by atoms with E-state index in [1.165, 1.54) is 0 Å². The van der Waals surface area contributed by atoms with E-state index in [1.54, 1.807) is 0 Å². The van der Waals surface area contributed by atoms with Crippen LogP contribution in [0.5, 0.6) is 5.75 Å². The summed E-state index contributed by atoms with van der Waals surface area (Å²) in [6.45, 7) is 3.94. The SMILES string of the molecule is CC1(C)CC(=O)c2c(O)cc(=O)[nH]c2C1. The predicted octanol–water partition coefficient (Wildman–Crippen LogP) is 1.24. The van der Waals surface area contributed by atoms with E-state index in [2.05, 4.69) is 4.98 Å². The summed E-state index contributed by atoms with van der Waals surface area (Å²) in [5, 5.41) is 9.54. The molecule has 1 aliphatic carbocycles. The highest BCUT2D eigenvalue weighted by molar-refractivity contribution is 6.00. The summed E-state index contributed by atoms with van der Waals surface area (Å²) in [6, 6.07) is 1.05. The number of Topliss-reactive ketones (excluding diaryl/α,β-unsaturated/α-hetero) is 1. The van der Waals surface area contributed by atoms with Crippen molar-refractivity contribution in [3.8, 4) is 5.75 Å². The molecule has 0 bridgehead atoms. The first-order chi connectivity index (χ1) is 6.89. The summed E-state index contributed by atoms with van der Waals surface area (Å²) in [4.78, 5) is 25.5. The Hall–Kier alpha value is -1.58. The fraction of sp³-hybridized carbons (Fsp3) is 0.455. The number of pyridine rings is 1. The molecule has 0 fully saturated rings. The largest absolute Gasteiger partial charge is 0.507 e. The molecular formula is C11H13NO3. The Bertz CT molecular complexity index is 485. The van der Waals surface area contributed by atoms with Crippen molar-refractivity contribution < 1.29 is 9.90 Å². The van der Waals surface area contributed by atoms with E-state index in [-0.39, 0.29) is 28.1 Å². The molecule has 0 radical (unpaired) electrons. The Morgan fingerprint density at radius 1 is 1.33 bits per heavy atom. The van der Waals surface area contributed by atoms with E-state index < -0.39 is 0 Å². The molecule has 0 unspecified atom stereocenters. The van der Waals surface area contributed by atoms with Gasteiger partial charge in [0.15, 0.2) is 5.78 Å². The van der Waals surface area contributed by atoms with E-state index in [0.717, 1.165) is 6.07 Å². The van der Waals surface area contributed by atoms with Crippen LogP contribution >= 0.6 is 0 Å². The molecule has 0 spiro atoms. The van der Waals surface area contributed by atoms with Crippen molar-refractivity contribution in [2.24, 2.45) is 5.41 Å². The van der Waals surface area contributed by atoms with E-state index >= 15 is 0 Å². The fourth-order valence-electron chi connectivity index (χ4n) is 2.11. The first-order valence-electron chi connectivity index (χ1n) is 4.87. The van der Waals surface area contributed by atoms with Crippen LogP contribution in [0, 0.1) is 5.41 Å². The van der Waals surface area contributed by atoms with Gasteiger partial charge in [0.05, 0.1) is 5.56 Å². The van der Waals surface area contributed by atoms with Crippen LogP contribution in [0.1, 0.15) is 36.3 Å². The van der Waals surface area contributed by atoms with E-state index in [4.69, 9.17) is 0 Å². The summed E-state index contributed by atoms with van der Waals surface area (Å²) in [5.74, 6) is -0.302. The molecule has 1 aromatic rings. The van der Waals surface area contributed by atoms with Gasteiger partial charge in [-0.3, -0.25) is 9.59 Å². The highest BCUT2D eigenvalue weighted by atomic mass is 16.3. The van der Waals surface area contributed by atoms with Gasteiger partial charge in [-0.15, -0.1) is 0 Å². The average Bonchev–Trinajstić information content (AvgIpc) is 1.97. The quantitative estimate of drug-likeness (QED) is 0.672. The topological polar surface area (TPSA) is 70.2 Å². The molecular weight excluding hydrogens is 194 g/mol. The number of carbonyl (C=O) groups is 1. The highest BCUT2D eigenvalue weighted by Crippen LogP contribution is 2.36. The van der Waals surface area contributed by atoms with Crippen molar-refractivity contribution in [3.05, 3.63) is 27.7 Å². The second kappa shape index (κ2) is 2.95. The molecule has 2 N–H and O–H groups in total. The van der Waals surface area contributed by atoms with Crippen LogP contribution in [0.2, 0.25) is 0 Å². The van der Waals surface area contributed by atoms with Gasteiger partial charge in [-0.25, -0.2) is 0 Å². The molecule has 1 aliphatic rings. The van der Waals surface area contributed by atoms with Gasteiger partial charge in [-0.1, -0.05) is 13.8 Å². The molecule has 15 heavy (non-hydrogen) atoms. The maximum absolute atomic E-state index is 11.8. The molecule has 0 atom stereocenters. The van der Waals surface area contributed by atoms with Crippen LogP contribution in [0.4, 0.5) is 0 Å². The smallest absolute Gasteiger partial charge is 0.251 e. The Kier molecular flexibility index (Phi) is 1.96. The van der Waals surface area contributed by atoms with Crippen molar-refractivity contribution in [1.82, 2.24) is 4.98 Å². The van der Waals surface area contributed by atoms with Gasteiger partial charge in [-0.05, 0) is 11.8 Å². The highest BCUT2D eigenvalue weighted by Gasteiger charge is 2.33. The van der Waals surface area contributed by atoms with Gasteiger partial charge in [0, 0.05) is 18.2 Å². The number of ketones is 1.